The highest BCUT2D eigenvalue weighted by molar-refractivity contribution is 5.84. The molecule has 2 heterocycles. The van der Waals surface area contributed by atoms with Gasteiger partial charge in [0, 0.05) is 23.5 Å². The topological polar surface area (TPSA) is 45.2 Å². The van der Waals surface area contributed by atoms with Crippen molar-refractivity contribution in [3.8, 4) is 0 Å². The first-order chi connectivity index (χ1) is 8.75. The summed E-state index contributed by atoms with van der Waals surface area (Å²) < 4.78 is 6.07. The third kappa shape index (κ3) is 1.72. The normalized spacial score (nSPS) is 28.9. The molecule has 0 spiro atoms. The van der Waals surface area contributed by atoms with Gasteiger partial charge in [0.05, 0.1) is 11.2 Å². The number of aromatic amines is 1. The lowest BCUT2D eigenvalue weighted by Crippen LogP contribution is -2.43. The Hall–Kier alpha value is -1.32. The van der Waals surface area contributed by atoms with Crippen molar-refractivity contribution in [1.29, 1.82) is 0 Å². The minimum absolute atomic E-state index is 0.323. The fraction of sp³-hybridized carbons (Fsp3) is 0.500. The first-order valence-corrected chi connectivity index (χ1v) is 6.74. The van der Waals surface area contributed by atoms with Gasteiger partial charge in [-0.05, 0) is 45.4 Å². The van der Waals surface area contributed by atoms with E-state index in [1.165, 1.54) is 0 Å². The average molecular weight is 259 g/mol. The summed E-state index contributed by atoms with van der Waals surface area (Å²) in [5.41, 5.74) is 0.0880. The Labute approximate surface area is 113 Å². The zero-order chi connectivity index (χ0) is 13.9. The van der Waals surface area contributed by atoms with Crippen molar-refractivity contribution >= 4 is 10.9 Å². The second kappa shape index (κ2) is 3.62. The molecule has 1 aliphatic heterocycles. The van der Waals surface area contributed by atoms with Gasteiger partial charge in [0.1, 0.15) is 5.60 Å². The molecular weight excluding hydrogens is 238 g/mol. The molecule has 1 aliphatic rings. The fourth-order valence-electron chi connectivity index (χ4n) is 3.51. The molecule has 2 N–H and O–H groups in total. The van der Waals surface area contributed by atoms with Gasteiger partial charge in [-0.2, -0.15) is 0 Å². The van der Waals surface area contributed by atoms with Crippen LogP contribution in [0, 0.1) is 0 Å². The lowest BCUT2D eigenvalue weighted by molar-refractivity contribution is -0.129. The van der Waals surface area contributed by atoms with Crippen LogP contribution in [0.25, 0.3) is 10.9 Å². The van der Waals surface area contributed by atoms with Crippen molar-refractivity contribution < 1.29 is 9.84 Å². The molecule has 1 atom stereocenters. The van der Waals surface area contributed by atoms with Crippen LogP contribution in [0.4, 0.5) is 0 Å². The zero-order valence-electron chi connectivity index (χ0n) is 11.9. The summed E-state index contributed by atoms with van der Waals surface area (Å²) in [5, 5.41) is 12.4. The minimum Gasteiger partial charge on any atom is -0.382 e. The average Bonchev–Trinajstić information content (AvgIpc) is 2.78. The lowest BCUT2D eigenvalue weighted by atomic mass is 9.76. The predicted molar refractivity (Wildman–Crippen MR) is 76.1 cm³/mol. The number of ether oxygens (including phenoxy) is 1. The molecule has 1 aromatic carbocycles. The van der Waals surface area contributed by atoms with Gasteiger partial charge in [0.2, 0.25) is 0 Å². The van der Waals surface area contributed by atoms with Gasteiger partial charge in [-0.15, -0.1) is 0 Å². The maximum Gasteiger partial charge on any atom is 0.121 e. The second-order valence-corrected chi connectivity index (χ2v) is 6.65. The number of hydrogen-bond donors (Lipinski definition) is 2. The zero-order valence-corrected chi connectivity index (χ0v) is 11.9. The van der Waals surface area contributed by atoms with E-state index < -0.39 is 11.2 Å². The number of aliphatic hydroxyl groups is 1. The van der Waals surface area contributed by atoms with Crippen LogP contribution in [0.5, 0.6) is 0 Å². The maximum absolute atomic E-state index is 11.3. The van der Waals surface area contributed by atoms with Gasteiger partial charge >= 0.3 is 0 Å². The Morgan fingerprint density at radius 3 is 2.53 bits per heavy atom. The molecule has 0 amide bonds. The largest absolute Gasteiger partial charge is 0.382 e. The summed E-state index contributed by atoms with van der Waals surface area (Å²) >= 11 is 0. The molecular formula is C16H21NO2. The maximum atomic E-state index is 11.3. The molecule has 102 valence electrons. The first kappa shape index (κ1) is 12.7. The number of benzene rings is 1. The van der Waals surface area contributed by atoms with Crippen LogP contribution < -0.4 is 0 Å². The number of fused-ring (bicyclic) bond motifs is 1. The van der Waals surface area contributed by atoms with E-state index in [-0.39, 0.29) is 5.60 Å². The number of aromatic nitrogens is 1. The molecule has 1 aromatic heterocycles. The van der Waals surface area contributed by atoms with Gasteiger partial charge in [0.15, 0.2) is 0 Å². The Morgan fingerprint density at radius 1 is 1.16 bits per heavy atom. The van der Waals surface area contributed by atoms with Gasteiger partial charge in [-0.25, -0.2) is 0 Å². The quantitative estimate of drug-likeness (QED) is 0.825. The Balaban J connectivity index is 2.23. The highest BCUT2D eigenvalue weighted by Gasteiger charge is 2.57. The lowest BCUT2D eigenvalue weighted by Gasteiger charge is -2.36. The molecule has 1 unspecified atom stereocenters. The molecule has 3 nitrogen and oxygen atoms in total. The summed E-state index contributed by atoms with van der Waals surface area (Å²) in [6.45, 7) is 7.99. The van der Waals surface area contributed by atoms with E-state index in [4.69, 9.17) is 4.74 Å². The number of rotatable bonds is 1. The molecule has 19 heavy (non-hydrogen) atoms. The monoisotopic (exact) mass is 259 g/mol. The molecule has 1 fully saturated rings. The summed E-state index contributed by atoms with van der Waals surface area (Å²) in [4.78, 5) is 3.20. The fourth-order valence-corrected chi connectivity index (χ4v) is 3.51. The van der Waals surface area contributed by atoms with E-state index in [2.05, 4.69) is 4.98 Å². The molecule has 3 heteroatoms. The van der Waals surface area contributed by atoms with Crippen LogP contribution in [0.15, 0.2) is 30.5 Å². The van der Waals surface area contributed by atoms with Crippen molar-refractivity contribution in [3.63, 3.8) is 0 Å². The van der Waals surface area contributed by atoms with Crippen molar-refractivity contribution in [3.05, 3.63) is 36.0 Å². The molecule has 3 rings (SSSR count). The molecule has 0 aliphatic carbocycles. The summed E-state index contributed by atoms with van der Waals surface area (Å²) in [5.74, 6) is 0. The molecule has 0 saturated carbocycles. The number of hydrogen-bond acceptors (Lipinski definition) is 2. The summed E-state index contributed by atoms with van der Waals surface area (Å²) in [6.07, 6.45) is 2.50. The van der Waals surface area contributed by atoms with Crippen molar-refractivity contribution in [2.24, 2.45) is 0 Å². The Morgan fingerprint density at radius 2 is 1.89 bits per heavy atom. The van der Waals surface area contributed by atoms with Crippen LogP contribution in [0.1, 0.15) is 39.7 Å². The summed E-state index contributed by atoms with van der Waals surface area (Å²) in [7, 11) is 0. The van der Waals surface area contributed by atoms with Crippen LogP contribution in [-0.4, -0.2) is 21.3 Å². The number of nitrogens with one attached hydrogen (secondary N) is 1. The van der Waals surface area contributed by atoms with E-state index in [9.17, 15) is 5.11 Å². The molecule has 2 aromatic rings. The molecule has 0 bridgehead atoms. The summed E-state index contributed by atoms with van der Waals surface area (Å²) in [6, 6.07) is 8.02. The van der Waals surface area contributed by atoms with Crippen LogP contribution >= 0.6 is 0 Å². The predicted octanol–water partition coefficient (Wildman–Crippen LogP) is 3.33. The third-order valence-corrected chi connectivity index (χ3v) is 4.25. The van der Waals surface area contributed by atoms with Gasteiger partial charge in [-0.1, -0.05) is 12.1 Å². The SMILES string of the molecule is CC1(C)CC(O)(c2cccc3[nH]ccc23)C(C)(C)O1. The number of H-pyrrole nitrogens is 1. The van der Waals surface area contributed by atoms with Crippen molar-refractivity contribution in [1.82, 2.24) is 4.98 Å². The van der Waals surface area contributed by atoms with Crippen LogP contribution in [0.3, 0.4) is 0 Å². The first-order valence-electron chi connectivity index (χ1n) is 6.74. The second-order valence-electron chi connectivity index (χ2n) is 6.65. The van der Waals surface area contributed by atoms with Crippen LogP contribution in [0.2, 0.25) is 0 Å². The van der Waals surface area contributed by atoms with Crippen LogP contribution in [-0.2, 0) is 10.3 Å². The third-order valence-electron chi connectivity index (χ3n) is 4.25. The Kier molecular flexibility index (Phi) is 2.42. The van der Waals surface area contributed by atoms with E-state index >= 15 is 0 Å². The van der Waals surface area contributed by atoms with Gasteiger partial charge in [-0.3, -0.25) is 0 Å². The highest BCUT2D eigenvalue weighted by Crippen LogP contribution is 2.52. The van der Waals surface area contributed by atoms with Gasteiger partial charge < -0.3 is 14.8 Å². The van der Waals surface area contributed by atoms with Gasteiger partial charge in [0.25, 0.3) is 0 Å². The molecule has 0 radical (unpaired) electrons. The van der Waals surface area contributed by atoms with E-state index in [1.54, 1.807) is 0 Å². The standard InChI is InChI=1S/C16H21NO2/c1-14(2)10-16(18,15(3,4)19-14)12-6-5-7-13-11(12)8-9-17-13/h5-9,17-18H,10H2,1-4H3. The van der Waals surface area contributed by atoms with E-state index in [0.29, 0.717) is 6.42 Å². The smallest absolute Gasteiger partial charge is 0.121 e. The van der Waals surface area contributed by atoms with Crippen molar-refractivity contribution in [2.45, 2.75) is 50.9 Å². The van der Waals surface area contributed by atoms with Crippen molar-refractivity contribution in [2.75, 3.05) is 0 Å². The highest BCUT2D eigenvalue weighted by atomic mass is 16.5. The Bertz CT molecular complexity index is 626. The molecule has 1 saturated heterocycles. The minimum atomic E-state index is -0.974. The van der Waals surface area contributed by atoms with E-state index in [1.807, 2.05) is 58.2 Å². The van der Waals surface area contributed by atoms with E-state index in [0.717, 1.165) is 16.5 Å².